The van der Waals surface area contributed by atoms with Crippen molar-refractivity contribution in [1.82, 2.24) is 9.78 Å². The van der Waals surface area contributed by atoms with Crippen LogP contribution in [0.4, 0.5) is 0 Å². The predicted molar refractivity (Wildman–Crippen MR) is 106 cm³/mol. The molecule has 142 valence electrons. The van der Waals surface area contributed by atoms with Crippen molar-refractivity contribution in [2.75, 3.05) is 6.61 Å². The number of nitrogens with zero attached hydrogens (tertiary/aromatic N) is 2. The van der Waals surface area contributed by atoms with E-state index >= 15 is 0 Å². The lowest BCUT2D eigenvalue weighted by atomic mass is 9.97. The van der Waals surface area contributed by atoms with Crippen molar-refractivity contribution >= 4 is 5.91 Å². The van der Waals surface area contributed by atoms with Gasteiger partial charge in [-0.2, -0.15) is 5.10 Å². The van der Waals surface area contributed by atoms with Crippen molar-refractivity contribution < 1.29 is 9.53 Å². The molecule has 0 spiro atoms. The van der Waals surface area contributed by atoms with Gasteiger partial charge in [0.05, 0.1) is 12.3 Å². The molecule has 0 aliphatic rings. The molecule has 2 rings (SSSR count). The van der Waals surface area contributed by atoms with E-state index in [9.17, 15) is 4.79 Å². The van der Waals surface area contributed by atoms with Gasteiger partial charge in [-0.05, 0) is 62.4 Å². The van der Waals surface area contributed by atoms with Crippen molar-refractivity contribution in [2.24, 2.45) is 0 Å². The monoisotopic (exact) mass is 356 g/mol. The zero-order valence-corrected chi connectivity index (χ0v) is 16.8. The fourth-order valence-corrected chi connectivity index (χ4v) is 3.30. The van der Waals surface area contributed by atoms with Gasteiger partial charge in [0.25, 0.3) is 5.91 Å². The molecule has 4 nitrogen and oxygen atoms in total. The molecule has 0 amide bonds. The summed E-state index contributed by atoms with van der Waals surface area (Å²) >= 11 is 0. The van der Waals surface area contributed by atoms with E-state index < -0.39 is 0 Å². The van der Waals surface area contributed by atoms with E-state index in [0.29, 0.717) is 11.5 Å². The smallest absolute Gasteiger partial charge is 0.278 e. The van der Waals surface area contributed by atoms with Crippen LogP contribution in [0.5, 0.6) is 5.75 Å². The maximum Gasteiger partial charge on any atom is 0.278 e. The Bertz CT molecular complexity index is 716. The van der Waals surface area contributed by atoms with Gasteiger partial charge in [0.15, 0.2) is 0 Å². The Morgan fingerprint density at radius 3 is 2.42 bits per heavy atom. The van der Waals surface area contributed by atoms with Crippen LogP contribution < -0.4 is 4.74 Å². The Hall–Kier alpha value is -2.10. The number of aromatic nitrogens is 2. The Morgan fingerprint density at radius 1 is 1.12 bits per heavy atom. The average Bonchev–Trinajstić information content (AvgIpc) is 2.95. The van der Waals surface area contributed by atoms with Crippen LogP contribution in [0.3, 0.4) is 0 Å². The second-order valence-corrected chi connectivity index (χ2v) is 7.04. The molecular formula is C22H32N2O2. The van der Waals surface area contributed by atoms with E-state index in [1.807, 2.05) is 38.1 Å². The summed E-state index contributed by atoms with van der Waals surface area (Å²) in [6.45, 7) is 11.2. The molecule has 0 aliphatic heterocycles. The number of carbonyl (C=O) groups is 1. The van der Waals surface area contributed by atoms with Gasteiger partial charge in [0, 0.05) is 11.3 Å². The highest BCUT2D eigenvalue weighted by molar-refractivity contribution is 5.96. The molecule has 1 atom stereocenters. The standard InChI is InChI=1S/C22H32N2O2/c1-6-8-9-10-15-26-20-13-11-19(12-14-20)22(25)24-18(5)21(16(3)7-2)17(4)23-24/h11-14,16H,6-10,15H2,1-5H3. The van der Waals surface area contributed by atoms with E-state index in [-0.39, 0.29) is 5.91 Å². The third-order valence-corrected chi connectivity index (χ3v) is 5.01. The molecule has 0 saturated carbocycles. The number of rotatable bonds is 9. The van der Waals surface area contributed by atoms with Gasteiger partial charge in [0.1, 0.15) is 5.75 Å². The van der Waals surface area contributed by atoms with Crippen molar-refractivity contribution in [3.8, 4) is 5.75 Å². The fraction of sp³-hybridized carbons (Fsp3) is 0.545. The molecule has 4 heteroatoms. The Morgan fingerprint density at radius 2 is 1.81 bits per heavy atom. The van der Waals surface area contributed by atoms with E-state index in [2.05, 4.69) is 25.9 Å². The summed E-state index contributed by atoms with van der Waals surface area (Å²) in [6, 6.07) is 7.38. The highest BCUT2D eigenvalue weighted by Gasteiger charge is 2.20. The predicted octanol–water partition coefficient (Wildman–Crippen LogP) is 5.66. The summed E-state index contributed by atoms with van der Waals surface area (Å²) in [5.74, 6) is 1.13. The van der Waals surface area contributed by atoms with Gasteiger partial charge in [-0.25, -0.2) is 4.68 Å². The Labute approximate surface area is 157 Å². The average molecular weight is 357 g/mol. The summed E-state index contributed by atoms with van der Waals surface area (Å²) in [5, 5.41) is 4.49. The zero-order valence-electron chi connectivity index (χ0n) is 16.8. The molecule has 1 aromatic carbocycles. The molecule has 0 N–H and O–H groups in total. The van der Waals surface area contributed by atoms with Crippen LogP contribution >= 0.6 is 0 Å². The second kappa shape index (κ2) is 9.56. The molecule has 0 fully saturated rings. The molecule has 1 heterocycles. The molecule has 1 aromatic heterocycles. The summed E-state index contributed by atoms with van der Waals surface area (Å²) in [6.07, 6.45) is 5.77. The van der Waals surface area contributed by atoms with Gasteiger partial charge in [-0.15, -0.1) is 0 Å². The van der Waals surface area contributed by atoms with Gasteiger partial charge in [0.2, 0.25) is 0 Å². The van der Waals surface area contributed by atoms with Gasteiger partial charge in [-0.1, -0.05) is 40.0 Å². The van der Waals surface area contributed by atoms with E-state index in [4.69, 9.17) is 4.74 Å². The lowest BCUT2D eigenvalue weighted by molar-refractivity contribution is 0.0942. The van der Waals surface area contributed by atoms with Gasteiger partial charge < -0.3 is 4.74 Å². The van der Waals surface area contributed by atoms with Gasteiger partial charge in [-0.3, -0.25) is 4.79 Å². The summed E-state index contributed by atoms with van der Waals surface area (Å²) < 4.78 is 7.29. The highest BCUT2D eigenvalue weighted by atomic mass is 16.5. The molecule has 1 unspecified atom stereocenters. The first-order valence-corrected chi connectivity index (χ1v) is 9.83. The fourth-order valence-electron chi connectivity index (χ4n) is 3.30. The third kappa shape index (κ3) is 4.75. The Kier molecular flexibility index (Phi) is 7.43. The van der Waals surface area contributed by atoms with E-state index in [1.54, 1.807) is 0 Å². The number of hydrogen-bond donors (Lipinski definition) is 0. The highest BCUT2D eigenvalue weighted by Crippen LogP contribution is 2.26. The maximum absolute atomic E-state index is 12.8. The lowest BCUT2D eigenvalue weighted by Gasteiger charge is -2.10. The number of aryl methyl sites for hydroxylation is 1. The molecular weight excluding hydrogens is 324 g/mol. The van der Waals surface area contributed by atoms with E-state index in [1.165, 1.54) is 29.5 Å². The van der Waals surface area contributed by atoms with Crippen LogP contribution in [0.25, 0.3) is 0 Å². The van der Waals surface area contributed by atoms with Crippen LogP contribution in [0, 0.1) is 13.8 Å². The first-order valence-electron chi connectivity index (χ1n) is 9.83. The number of ether oxygens (including phenoxy) is 1. The number of carbonyl (C=O) groups excluding carboxylic acids is 1. The normalized spacial score (nSPS) is 12.2. The second-order valence-electron chi connectivity index (χ2n) is 7.04. The number of unbranched alkanes of at least 4 members (excludes halogenated alkanes) is 3. The van der Waals surface area contributed by atoms with Crippen molar-refractivity contribution in [1.29, 1.82) is 0 Å². The quantitative estimate of drug-likeness (QED) is 0.544. The van der Waals surface area contributed by atoms with Gasteiger partial charge >= 0.3 is 0 Å². The number of hydrogen-bond acceptors (Lipinski definition) is 3. The summed E-state index contributed by atoms with van der Waals surface area (Å²) in [5.41, 5.74) is 3.70. The van der Waals surface area contributed by atoms with Crippen molar-refractivity contribution in [3.05, 3.63) is 46.8 Å². The lowest BCUT2D eigenvalue weighted by Crippen LogP contribution is -2.15. The molecule has 0 bridgehead atoms. The molecule has 0 radical (unpaired) electrons. The summed E-state index contributed by atoms with van der Waals surface area (Å²) in [7, 11) is 0. The van der Waals surface area contributed by atoms with Crippen LogP contribution in [-0.2, 0) is 0 Å². The van der Waals surface area contributed by atoms with Crippen LogP contribution in [-0.4, -0.2) is 22.3 Å². The minimum atomic E-state index is -0.0883. The van der Waals surface area contributed by atoms with Crippen LogP contribution in [0.1, 0.15) is 86.1 Å². The van der Waals surface area contributed by atoms with Crippen molar-refractivity contribution in [2.45, 2.75) is 72.6 Å². The summed E-state index contributed by atoms with van der Waals surface area (Å²) in [4.78, 5) is 12.8. The van der Waals surface area contributed by atoms with Crippen LogP contribution in [0.15, 0.2) is 24.3 Å². The van der Waals surface area contributed by atoms with Crippen molar-refractivity contribution in [3.63, 3.8) is 0 Å². The molecule has 2 aromatic rings. The third-order valence-electron chi connectivity index (χ3n) is 5.01. The largest absolute Gasteiger partial charge is 0.494 e. The minimum Gasteiger partial charge on any atom is -0.494 e. The molecule has 26 heavy (non-hydrogen) atoms. The SMILES string of the molecule is CCCCCCOc1ccc(C(=O)n2nc(C)c(C(C)CC)c2C)cc1. The van der Waals surface area contributed by atoms with Crippen LogP contribution in [0.2, 0.25) is 0 Å². The first-order chi connectivity index (χ1) is 12.5. The Balaban J connectivity index is 2.06. The maximum atomic E-state index is 12.8. The first kappa shape index (κ1) is 20.2. The zero-order chi connectivity index (χ0) is 19.1. The minimum absolute atomic E-state index is 0.0883. The number of benzene rings is 1. The molecule has 0 saturated heterocycles. The molecule has 0 aliphatic carbocycles. The van der Waals surface area contributed by atoms with E-state index in [0.717, 1.165) is 36.6 Å². The topological polar surface area (TPSA) is 44.1 Å².